The third-order valence-corrected chi connectivity index (χ3v) is 8.28. The third kappa shape index (κ3) is 5.02. The van der Waals surface area contributed by atoms with Gasteiger partial charge in [-0.25, -0.2) is 18.2 Å². The van der Waals surface area contributed by atoms with Crippen LogP contribution in [0.5, 0.6) is 0 Å². The quantitative estimate of drug-likeness (QED) is 0.379. The van der Waals surface area contributed by atoms with Crippen LogP contribution in [0.2, 0.25) is 0 Å². The Bertz CT molecular complexity index is 1570. The number of aryl methyl sites for hydroxylation is 1. The van der Waals surface area contributed by atoms with Crippen molar-refractivity contribution in [1.82, 2.24) is 20.3 Å². The van der Waals surface area contributed by atoms with E-state index in [1.54, 1.807) is 24.0 Å². The zero-order valence-corrected chi connectivity index (χ0v) is 22.0. The second-order valence-corrected chi connectivity index (χ2v) is 11.9. The molecular weight excluding hydrogens is 534 g/mol. The molecule has 3 N–H and O–H groups in total. The van der Waals surface area contributed by atoms with Gasteiger partial charge in [0.05, 0.1) is 30.1 Å². The van der Waals surface area contributed by atoms with E-state index in [1.807, 2.05) is 0 Å². The largest absolute Gasteiger partial charge is 0.477 e. The molecule has 2 amide bonds. The number of carbonyl (C=O) groups excluding carboxylic acids is 2. The lowest BCUT2D eigenvalue weighted by molar-refractivity contribution is -0.120. The van der Waals surface area contributed by atoms with Crippen LogP contribution in [0, 0.1) is 6.92 Å². The van der Waals surface area contributed by atoms with Crippen LogP contribution in [0.25, 0.3) is 0 Å². The van der Waals surface area contributed by atoms with Crippen molar-refractivity contribution in [3.8, 4) is 0 Å². The van der Waals surface area contributed by atoms with E-state index in [0.29, 0.717) is 41.5 Å². The lowest BCUT2D eigenvalue weighted by Gasteiger charge is -2.29. The highest BCUT2D eigenvalue weighted by Gasteiger charge is 2.35. The number of thiazole rings is 1. The molecule has 2 aliphatic rings. The number of hydrogen-bond donors (Lipinski definition) is 3. The molecule has 15 heteroatoms. The van der Waals surface area contributed by atoms with Gasteiger partial charge in [0.15, 0.2) is 15.0 Å². The van der Waals surface area contributed by atoms with Crippen molar-refractivity contribution in [2.24, 2.45) is 0 Å². The zero-order chi connectivity index (χ0) is 27.2. The van der Waals surface area contributed by atoms with E-state index in [0.717, 1.165) is 17.6 Å². The van der Waals surface area contributed by atoms with Crippen LogP contribution in [0.15, 0.2) is 29.2 Å². The van der Waals surface area contributed by atoms with Gasteiger partial charge < -0.3 is 15.3 Å². The molecule has 1 aromatic carbocycles. The number of aromatic nitrogens is 3. The Balaban J connectivity index is 1.53. The predicted octanol–water partition coefficient (Wildman–Crippen LogP) is 1.11. The summed E-state index contributed by atoms with van der Waals surface area (Å²) in [6, 6.07) is 6.26. The van der Waals surface area contributed by atoms with Gasteiger partial charge in [-0.3, -0.25) is 19.8 Å². The van der Waals surface area contributed by atoms with E-state index in [9.17, 15) is 27.9 Å². The molecule has 0 unspecified atom stereocenters. The van der Waals surface area contributed by atoms with Crippen LogP contribution in [-0.2, 0) is 32.4 Å². The van der Waals surface area contributed by atoms with E-state index in [1.165, 1.54) is 17.0 Å². The molecule has 0 bridgehead atoms. The number of fused-ring (bicyclic) bond motifs is 1. The summed E-state index contributed by atoms with van der Waals surface area (Å²) in [6.45, 7) is 2.69. The average Bonchev–Trinajstić information content (AvgIpc) is 3.37. The highest BCUT2D eigenvalue weighted by atomic mass is 32.2. The fourth-order valence-corrected chi connectivity index (χ4v) is 5.70. The molecule has 38 heavy (non-hydrogen) atoms. The van der Waals surface area contributed by atoms with E-state index in [2.05, 4.69) is 25.6 Å². The van der Waals surface area contributed by atoms with Gasteiger partial charge in [0.2, 0.25) is 17.8 Å². The van der Waals surface area contributed by atoms with Crippen LogP contribution in [-0.4, -0.2) is 72.1 Å². The number of carboxylic acids is 1. The van der Waals surface area contributed by atoms with Gasteiger partial charge in [-0.05, 0) is 24.6 Å². The molecule has 0 aliphatic carbocycles. The summed E-state index contributed by atoms with van der Waals surface area (Å²) in [6.07, 6.45) is 1.16. The van der Waals surface area contributed by atoms with Crippen molar-refractivity contribution < 1.29 is 27.9 Å². The summed E-state index contributed by atoms with van der Waals surface area (Å²) in [5.41, 5.74) is 1.62. The van der Waals surface area contributed by atoms with E-state index in [-0.39, 0.29) is 52.2 Å². The van der Waals surface area contributed by atoms with Crippen LogP contribution in [0.4, 0.5) is 22.7 Å². The smallest absolute Gasteiger partial charge is 0.347 e. The van der Waals surface area contributed by atoms with Crippen molar-refractivity contribution in [1.29, 1.82) is 0 Å². The summed E-state index contributed by atoms with van der Waals surface area (Å²) in [4.78, 5) is 53.6. The summed E-state index contributed by atoms with van der Waals surface area (Å²) < 4.78 is 23.6. The summed E-state index contributed by atoms with van der Waals surface area (Å²) in [7, 11) is -3.36. The number of benzene rings is 1. The first-order chi connectivity index (χ1) is 18.0. The Morgan fingerprint density at radius 2 is 1.87 bits per heavy atom. The number of aromatic carboxylic acids is 1. The molecule has 198 valence electrons. The maximum atomic E-state index is 13.1. The highest BCUT2D eigenvalue weighted by Crippen LogP contribution is 2.37. The summed E-state index contributed by atoms with van der Waals surface area (Å²) >= 11 is 0.936. The zero-order valence-electron chi connectivity index (χ0n) is 20.4. The third-order valence-electron chi connectivity index (χ3n) is 6.09. The number of nitrogens with zero attached hydrogens (tertiary/aromatic N) is 5. The Morgan fingerprint density at radius 1 is 1.16 bits per heavy atom. The molecule has 0 saturated carbocycles. The van der Waals surface area contributed by atoms with Crippen LogP contribution in [0.1, 0.15) is 26.5 Å². The molecule has 0 atom stereocenters. The highest BCUT2D eigenvalue weighted by molar-refractivity contribution is 7.90. The van der Waals surface area contributed by atoms with Crippen molar-refractivity contribution in [2.75, 3.05) is 41.0 Å². The van der Waals surface area contributed by atoms with Gasteiger partial charge >= 0.3 is 5.97 Å². The lowest BCUT2D eigenvalue weighted by atomic mass is 10.2. The van der Waals surface area contributed by atoms with E-state index < -0.39 is 15.8 Å². The molecule has 2 aliphatic heterocycles. The van der Waals surface area contributed by atoms with Crippen molar-refractivity contribution in [2.45, 2.75) is 24.8 Å². The number of sulfone groups is 1. The number of piperazine rings is 1. The van der Waals surface area contributed by atoms with Crippen molar-refractivity contribution in [3.05, 3.63) is 46.0 Å². The molecule has 2 aromatic heterocycles. The second-order valence-electron chi connectivity index (χ2n) is 8.88. The first-order valence-corrected chi connectivity index (χ1v) is 14.2. The Kier molecular flexibility index (Phi) is 6.48. The minimum atomic E-state index is -3.36. The second kappa shape index (κ2) is 9.64. The SMILES string of the molecule is Cc1nc(Nc2nc(N3CCNC(=O)C3)c3c(n2)N(Cc2ccc(S(C)(=O)=O)cc2)C(=O)C3)sc1C(=O)O. The van der Waals surface area contributed by atoms with Gasteiger partial charge in [-0.2, -0.15) is 9.97 Å². The lowest BCUT2D eigenvalue weighted by Crippen LogP contribution is -2.48. The van der Waals surface area contributed by atoms with E-state index in [4.69, 9.17) is 0 Å². The summed E-state index contributed by atoms with van der Waals surface area (Å²) in [5, 5.41) is 15.4. The number of amides is 2. The maximum Gasteiger partial charge on any atom is 0.347 e. The molecule has 1 saturated heterocycles. The molecule has 5 rings (SSSR count). The minimum absolute atomic E-state index is 0.0318. The van der Waals surface area contributed by atoms with E-state index >= 15 is 0 Å². The van der Waals surface area contributed by atoms with Crippen LogP contribution >= 0.6 is 11.3 Å². The van der Waals surface area contributed by atoms with Gasteiger partial charge in [0.25, 0.3) is 0 Å². The van der Waals surface area contributed by atoms with Crippen LogP contribution in [0.3, 0.4) is 0 Å². The Morgan fingerprint density at radius 3 is 2.50 bits per heavy atom. The number of anilines is 4. The monoisotopic (exact) mass is 557 g/mol. The Labute approximate surface area is 221 Å². The van der Waals surface area contributed by atoms with Crippen molar-refractivity contribution in [3.63, 3.8) is 0 Å². The molecule has 0 spiro atoms. The minimum Gasteiger partial charge on any atom is -0.477 e. The van der Waals surface area contributed by atoms with Crippen molar-refractivity contribution >= 4 is 61.7 Å². The summed E-state index contributed by atoms with van der Waals surface area (Å²) in [5.74, 6) is -0.606. The number of nitrogens with one attached hydrogen (secondary N) is 2. The van der Waals surface area contributed by atoms with Gasteiger partial charge in [-0.1, -0.05) is 23.5 Å². The van der Waals surface area contributed by atoms with Crippen LogP contribution < -0.4 is 20.4 Å². The number of hydrogen-bond acceptors (Lipinski definition) is 11. The number of carboxylic acid groups (broad SMARTS) is 1. The fourth-order valence-electron chi connectivity index (χ4n) is 4.28. The predicted molar refractivity (Wildman–Crippen MR) is 139 cm³/mol. The number of carbonyl (C=O) groups is 3. The molecule has 13 nitrogen and oxygen atoms in total. The average molecular weight is 558 g/mol. The molecule has 1 fully saturated rings. The Hall–Kier alpha value is -4.11. The maximum absolute atomic E-state index is 13.1. The molecule has 3 aromatic rings. The normalized spacial score (nSPS) is 15.4. The van der Waals surface area contributed by atoms with Gasteiger partial charge in [0, 0.05) is 24.9 Å². The first kappa shape index (κ1) is 25.5. The molecule has 0 radical (unpaired) electrons. The molecule has 4 heterocycles. The van der Waals surface area contributed by atoms with Gasteiger partial charge in [0.1, 0.15) is 16.5 Å². The molecular formula is C23H23N7O6S2. The topological polar surface area (TPSA) is 175 Å². The fraction of sp³-hybridized carbons (Fsp3) is 0.304. The number of rotatable bonds is 7. The van der Waals surface area contributed by atoms with Gasteiger partial charge in [-0.15, -0.1) is 0 Å². The first-order valence-electron chi connectivity index (χ1n) is 11.5. The standard InChI is InChI=1S/C23H23N7O6S2/c1-12-18(21(33)34)37-23(25-12)28-22-26-19(29-8-7-24-16(31)11-29)15-9-17(32)30(20(15)27-22)10-13-3-5-14(6-4-13)38(2,35)36/h3-6H,7-11H2,1-2H3,(H,24,31)(H,33,34)(H,25,26,27,28).